The molecule has 1 aliphatic carbocycles. The number of rotatable bonds is 0. The molecular weight excluding hydrogens is 286 g/mol. The SMILES string of the molecule is Cl.Cl.Cl.Cl.c1ccc2c(c1)-c1ccccc1-2. The molecule has 0 aliphatic heterocycles. The zero-order chi connectivity index (χ0) is 7.97. The van der Waals surface area contributed by atoms with Gasteiger partial charge in [-0.15, -0.1) is 49.6 Å². The lowest BCUT2D eigenvalue weighted by Crippen LogP contribution is -1.96. The van der Waals surface area contributed by atoms with Gasteiger partial charge >= 0.3 is 0 Å². The Kier molecular flexibility index (Phi) is 7.90. The zero-order valence-electron chi connectivity index (χ0n) is 8.25. The third kappa shape index (κ3) is 2.46. The first-order chi connectivity index (χ1) is 5.97. The van der Waals surface area contributed by atoms with Crippen LogP contribution < -0.4 is 0 Å². The largest absolute Gasteiger partial charge is 0.147 e. The molecule has 3 rings (SSSR count). The Hall–Kier alpha value is -0.400. The van der Waals surface area contributed by atoms with Crippen LogP contribution in [-0.2, 0) is 0 Å². The van der Waals surface area contributed by atoms with Crippen LogP contribution in [0.1, 0.15) is 0 Å². The van der Waals surface area contributed by atoms with Crippen LogP contribution in [0.5, 0.6) is 0 Å². The third-order valence-electron chi connectivity index (χ3n) is 2.43. The predicted octanol–water partition coefficient (Wildman–Crippen LogP) is 5.02. The van der Waals surface area contributed by atoms with Gasteiger partial charge in [0.25, 0.3) is 0 Å². The molecule has 4 heteroatoms. The van der Waals surface area contributed by atoms with E-state index in [1.165, 1.54) is 22.3 Å². The maximum absolute atomic E-state index is 2.18. The van der Waals surface area contributed by atoms with Crippen molar-refractivity contribution in [3.63, 3.8) is 0 Å². The molecule has 0 aromatic heterocycles. The van der Waals surface area contributed by atoms with E-state index in [0.29, 0.717) is 0 Å². The molecule has 0 saturated heterocycles. The van der Waals surface area contributed by atoms with E-state index < -0.39 is 0 Å². The van der Waals surface area contributed by atoms with Gasteiger partial charge in [-0.2, -0.15) is 0 Å². The fourth-order valence-corrected chi connectivity index (χ4v) is 1.84. The van der Waals surface area contributed by atoms with Crippen molar-refractivity contribution in [2.45, 2.75) is 0 Å². The number of halogens is 4. The average molecular weight is 298 g/mol. The summed E-state index contributed by atoms with van der Waals surface area (Å²) in [5.41, 5.74) is 5.59. The van der Waals surface area contributed by atoms with Crippen molar-refractivity contribution in [1.29, 1.82) is 0 Å². The van der Waals surface area contributed by atoms with E-state index in [0.717, 1.165) is 0 Å². The molecular formula is C12H12Cl4. The Labute approximate surface area is 120 Å². The molecule has 0 bridgehead atoms. The Balaban J connectivity index is 0. The third-order valence-corrected chi connectivity index (χ3v) is 2.43. The standard InChI is InChI=1S/C12H8.4ClH/c1-2-6-10-9(5-1)11-7-3-4-8-12(10)11;;;;/h1-8H;4*1H. The van der Waals surface area contributed by atoms with Gasteiger partial charge in [0.15, 0.2) is 0 Å². The van der Waals surface area contributed by atoms with E-state index in [1.807, 2.05) is 0 Å². The molecule has 0 radical (unpaired) electrons. The van der Waals surface area contributed by atoms with Gasteiger partial charge in [0.1, 0.15) is 0 Å². The second-order valence-electron chi connectivity index (χ2n) is 3.09. The normalized spacial score (nSPS) is 8.50. The molecule has 2 aromatic rings. The highest BCUT2D eigenvalue weighted by Crippen LogP contribution is 2.46. The highest BCUT2D eigenvalue weighted by atomic mass is 35.5. The topological polar surface area (TPSA) is 0 Å². The summed E-state index contributed by atoms with van der Waals surface area (Å²) >= 11 is 0. The average Bonchev–Trinajstić information content (AvgIpc) is 2.14. The first-order valence-corrected chi connectivity index (χ1v) is 4.15. The van der Waals surface area contributed by atoms with Crippen LogP contribution in [0.15, 0.2) is 48.5 Å². The summed E-state index contributed by atoms with van der Waals surface area (Å²) in [5, 5.41) is 0. The lowest BCUT2D eigenvalue weighted by Gasteiger charge is -2.22. The quantitative estimate of drug-likeness (QED) is 0.546. The molecule has 2 aromatic carbocycles. The first kappa shape index (κ1) is 18.0. The van der Waals surface area contributed by atoms with E-state index >= 15 is 0 Å². The number of benzene rings is 2. The zero-order valence-corrected chi connectivity index (χ0v) is 11.5. The molecule has 0 N–H and O–H groups in total. The molecule has 0 nitrogen and oxygen atoms in total. The summed E-state index contributed by atoms with van der Waals surface area (Å²) in [6.07, 6.45) is 0. The maximum Gasteiger partial charge on any atom is -0.00990 e. The molecule has 16 heavy (non-hydrogen) atoms. The van der Waals surface area contributed by atoms with Crippen LogP contribution >= 0.6 is 49.6 Å². The van der Waals surface area contributed by atoms with Gasteiger partial charge in [0.05, 0.1) is 0 Å². The monoisotopic (exact) mass is 296 g/mol. The lowest BCUT2D eigenvalue weighted by atomic mass is 9.81. The highest BCUT2D eigenvalue weighted by Gasteiger charge is 2.19. The van der Waals surface area contributed by atoms with Gasteiger partial charge in [-0.25, -0.2) is 0 Å². The number of hydrogen-bond donors (Lipinski definition) is 0. The van der Waals surface area contributed by atoms with Crippen molar-refractivity contribution >= 4 is 49.6 Å². The predicted molar refractivity (Wildman–Crippen MR) is 79.9 cm³/mol. The molecule has 0 spiro atoms. The molecule has 88 valence electrons. The second-order valence-corrected chi connectivity index (χ2v) is 3.09. The fourth-order valence-electron chi connectivity index (χ4n) is 1.84. The van der Waals surface area contributed by atoms with Crippen molar-refractivity contribution < 1.29 is 0 Å². The molecule has 0 amide bonds. The minimum absolute atomic E-state index is 0. The molecule has 0 unspecified atom stereocenters. The van der Waals surface area contributed by atoms with E-state index in [1.54, 1.807) is 0 Å². The van der Waals surface area contributed by atoms with Gasteiger partial charge in [-0.1, -0.05) is 48.5 Å². The number of fused-ring (bicyclic) bond motifs is 4. The Morgan fingerprint density at radius 1 is 0.375 bits per heavy atom. The summed E-state index contributed by atoms with van der Waals surface area (Å²) in [6, 6.07) is 17.1. The van der Waals surface area contributed by atoms with Gasteiger partial charge in [-0.05, 0) is 22.3 Å². The summed E-state index contributed by atoms with van der Waals surface area (Å²) < 4.78 is 0. The van der Waals surface area contributed by atoms with E-state index in [2.05, 4.69) is 48.5 Å². The van der Waals surface area contributed by atoms with Gasteiger partial charge in [0.2, 0.25) is 0 Å². The van der Waals surface area contributed by atoms with Crippen molar-refractivity contribution in [2.75, 3.05) is 0 Å². The smallest absolute Gasteiger partial charge is 0.00990 e. The van der Waals surface area contributed by atoms with Crippen molar-refractivity contribution in [3.05, 3.63) is 48.5 Å². The van der Waals surface area contributed by atoms with Crippen molar-refractivity contribution in [1.82, 2.24) is 0 Å². The summed E-state index contributed by atoms with van der Waals surface area (Å²) in [4.78, 5) is 0. The van der Waals surface area contributed by atoms with Crippen LogP contribution in [0.3, 0.4) is 0 Å². The summed E-state index contributed by atoms with van der Waals surface area (Å²) in [5.74, 6) is 0. The van der Waals surface area contributed by atoms with Crippen LogP contribution in [-0.4, -0.2) is 0 Å². The van der Waals surface area contributed by atoms with Crippen LogP contribution in [0.4, 0.5) is 0 Å². The van der Waals surface area contributed by atoms with Crippen molar-refractivity contribution in [3.8, 4) is 22.3 Å². The van der Waals surface area contributed by atoms with Gasteiger partial charge < -0.3 is 0 Å². The first-order valence-electron chi connectivity index (χ1n) is 4.15. The Bertz CT molecular complexity index is 354. The van der Waals surface area contributed by atoms with Gasteiger partial charge in [0, 0.05) is 0 Å². The molecule has 0 fully saturated rings. The molecule has 0 atom stereocenters. The van der Waals surface area contributed by atoms with Gasteiger partial charge in [-0.3, -0.25) is 0 Å². The fraction of sp³-hybridized carbons (Fsp3) is 0. The second kappa shape index (κ2) is 7.03. The Morgan fingerprint density at radius 3 is 0.750 bits per heavy atom. The van der Waals surface area contributed by atoms with E-state index in [9.17, 15) is 0 Å². The van der Waals surface area contributed by atoms with Crippen LogP contribution in [0.2, 0.25) is 0 Å². The number of hydrogen-bond acceptors (Lipinski definition) is 0. The molecule has 0 saturated carbocycles. The summed E-state index contributed by atoms with van der Waals surface area (Å²) in [6.45, 7) is 0. The highest BCUT2D eigenvalue weighted by molar-refractivity contribution is 6.02. The Morgan fingerprint density at radius 2 is 0.562 bits per heavy atom. The minimum atomic E-state index is 0. The lowest BCUT2D eigenvalue weighted by molar-refractivity contribution is 1.52. The van der Waals surface area contributed by atoms with Crippen LogP contribution in [0.25, 0.3) is 22.3 Å². The summed E-state index contributed by atoms with van der Waals surface area (Å²) in [7, 11) is 0. The molecule has 1 aliphatic rings. The van der Waals surface area contributed by atoms with Crippen LogP contribution in [0, 0.1) is 0 Å². The maximum atomic E-state index is 2.18. The minimum Gasteiger partial charge on any atom is -0.147 e. The van der Waals surface area contributed by atoms with E-state index in [-0.39, 0.29) is 49.6 Å². The van der Waals surface area contributed by atoms with E-state index in [4.69, 9.17) is 0 Å². The molecule has 0 heterocycles. The van der Waals surface area contributed by atoms with Crippen molar-refractivity contribution in [2.24, 2.45) is 0 Å².